The summed E-state index contributed by atoms with van der Waals surface area (Å²) in [6, 6.07) is 2.22. The minimum absolute atomic E-state index is 0.0658. The van der Waals surface area contributed by atoms with Crippen molar-refractivity contribution < 1.29 is 14.3 Å². The van der Waals surface area contributed by atoms with E-state index in [1.807, 2.05) is 0 Å². The van der Waals surface area contributed by atoms with E-state index in [2.05, 4.69) is 29.7 Å². The zero-order chi connectivity index (χ0) is 16.2. The van der Waals surface area contributed by atoms with Crippen molar-refractivity contribution in [3.8, 4) is 6.07 Å². The quantitative estimate of drug-likeness (QED) is 0.722. The van der Waals surface area contributed by atoms with Crippen LogP contribution < -0.4 is 0 Å². The van der Waals surface area contributed by atoms with E-state index in [9.17, 15) is 4.79 Å². The predicted molar refractivity (Wildman–Crippen MR) is 82.3 cm³/mol. The van der Waals surface area contributed by atoms with Crippen LogP contribution in [0.25, 0.3) is 0 Å². The minimum Gasteiger partial charge on any atom is -0.468 e. The Balaban J connectivity index is 2.15. The molecule has 2 saturated heterocycles. The maximum atomic E-state index is 11.8. The van der Waals surface area contributed by atoms with Gasteiger partial charge in [0.05, 0.1) is 25.3 Å². The van der Waals surface area contributed by atoms with Crippen molar-refractivity contribution in [2.75, 3.05) is 46.4 Å². The molecule has 0 N–H and O–H groups in total. The molecule has 2 heterocycles. The summed E-state index contributed by atoms with van der Waals surface area (Å²) in [5, 5.41) is 8.82. The van der Waals surface area contributed by atoms with E-state index >= 15 is 0 Å². The summed E-state index contributed by atoms with van der Waals surface area (Å²) in [5.41, 5.74) is -0.255. The molecule has 6 nitrogen and oxygen atoms in total. The summed E-state index contributed by atoms with van der Waals surface area (Å²) in [4.78, 5) is 16.4. The highest BCUT2D eigenvalue weighted by Crippen LogP contribution is 2.38. The molecule has 2 fully saturated rings. The molecule has 2 aliphatic rings. The van der Waals surface area contributed by atoms with Crippen LogP contribution >= 0.6 is 0 Å². The van der Waals surface area contributed by atoms with Crippen molar-refractivity contribution in [1.82, 2.24) is 9.80 Å². The molecular formula is C16H27N3O3. The fraction of sp³-hybridized carbons (Fsp3) is 0.875. The van der Waals surface area contributed by atoms with Gasteiger partial charge in [-0.1, -0.05) is 0 Å². The van der Waals surface area contributed by atoms with E-state index in [-0.39, 0.29) is 17.1 Å². The summed E-state index contributed by atoms with van der Waals surface area (Å²) in [5.74, 6) is -0.186. The Morgan fingerprint density at radius 3 is 2.82 bits per heavy atom. The Morgan fingerprint density at radius 1 is 1.41 bits per heavy atom. The zero-order valence-electron chi connectivity index (χ0n) is 13.9. The highest BCUT2D eigenvalue weighted by molar-refractivity contribution is 5.71. The van der Waals surface area contributed by atoms with Crippen LogP contribution in [0.2, 0.25) is 0 Å². The number of ether oxygens (including phenoxy) is 2. The molecule has 0 aliphatic carbocycles. The van der Waals surface area contributed by atoms with E-state index in [0.29, 0.717) is 19.6 Å². The molecule has 0 aromatic heterocycles. The number of hydrogen-bond acceptors (Lipinski definition) is 6. The number of methoxy groups -OCH3 is 1. The second kappa shape index (κ2) is 6.95. The van der Waals surface area contributed by atoms with Crippen LogP contribution in [-0.2, 0) is 14.3 Å². The van der Waals surface area contributed by atoms with Gasteiger partial charge in [0.25, 0.3) is 0 Å². The largest absolute Gasteiger partial charge is 0.468 e. The van der Waals surface area contributed by atoms with Gasteiger partial charge in [-0.25, -0.2) is 0 Å². The first kappa shape index (κ1) is 17.2. The van der Waals surface area contributed by atoms with Gasteiger partial charge in [0.15, 0.2) is 0 Å². The normalized spacial score (nSPS) is 29.2. The molecule has 2 rings (SSSR count). The van der Waals surface area contributed by atoms with Crippen LogP contribution in [0, 0.1) is 11.3 Å². The van der Waals surface area contributed by atoms with Crippen molar-refractivity contribution in [2.45, 2.75) is 44.2 Å². The Hall–Kier alpha value is -1.16. The van der Waals surface area contributed by atoms with Gasteiger partial charge in [0.2, 0.25) is 0 Å². The SMILES string of the molecule is COC(=O)CN1CCN(CCC#N)CC12CCOC(C)(C)C2. The third-order valence-corrected chi connectivity index (χ3v) is 4.78. The lowest BCUT2D eigenvalue weighted by Crippen LogP contribution is -2.67. The molecule has 6 heteroatoms. The van der Waals surface area contributed by atoms with Crippen molar-refractivity contribution >= 4 is 5.97 Å². The highest BCUT2D eigenvalue weighted by atomic mass is 16.5. The van der Waals surface area contributed by atoms with Crippen LogP contribution in [0.4, 0.5) is 0 Å². The second-order valence-electron chi connectivity index (χ2n) is 6.94. The lowest BCUT2D eigenvalue weighted by molar-refractivity contribution is -0.159. The lowest BCUT2D eigenvalue weighted by Gasteiger charge is -2.55. The van der Waals surface area contributed by atoms with Gasteiger partial charge >= 0.3 is 5.97 Å². The van der Waals surface area contributed by atoms with Crippen LogP contribution in [0.15, 0.2) is 0 Å². The number of hydrogen-bond donors (Lipinski definition) is 0. The molecule has 1 unspecified atom stereocenters. The van der Waals surface area contributed by atoms with E-state index in [0.717, 1.165) is 39.0 Å². The molecule has 0 aromatic carbocycles. The Kier molecular flexibility index (Phi) is 5.43. The summed E-state index contributed by atoms with van der Waals surface area (Å²) >= 11 is 0. The summed E-state index contributed by atoms with van der Waals surface area (Å²) in [6.07, 6.45) is 2.35. The first-order chi connectivity index (χ1) is 10.4. The fourth-order valence-corrected chi connectivity index (χ4v) is 3.81. The Labute approximate surface area is 133 Å². The zero-order valence-corrected chi connectivity index (χ0v) is 13.9. The van der Waals surface area contributed by atoms with Crippen molar-refractivity contribution in [1.29, 1.82) is 5.26 Å². The third-order valence-electron chi connectivity index (χ3n) is 4.78. The average Bonchev–Trinajstić information content (AvgIpc) is 2.46. The van der Waals surface area contributed by atoms with Crippen LogP contribution in [0.1, 0.15) is 33.1 Å². The number of carbonyl (C=O) groups excluding carboxylic acids is 1. The van der Waals surface area contributed by atoms with Gasteiger partial charge in [-0.05, 0) is 26.7 Å². The number of carbonyl (C=O) groups is 1. The van der Waals surface area contributed by atoms with Gasteiger partial charge in [-0.15, -0.1) is 0 Å². The second-order valence-corrected chi connectivity index (χ2v) is 6.94. The molecular weight excluding hydrogens is 282 g/mol. The first-order valence-corrected chi connectivity index (χ1v) is 7.96. The number of piperazine rings is 1. The average molecular weight is 309 g/mol. The van der Waals surface area contributed by atoms with Gasteiger partial charge in [-0.3, -0.25) is 14.6 Å². The number of esters is 1. The monoisotopic (exact) mass is 309 g/mol. The van der Waals surface area contributed by atoms with Crippen LogP contribution in [0.3, 0.4) is 0 Å². The topological polar surface area (TPSA) is 65.8 Å². The number of nitrogens with zero attached hydrogens (tertiary/aromatic N) is 3. The van der Waals surface area contributed by atoms with Gasteiger partial charge < -0.3 is 9.47 Å². The minimum atomic E-state index is -0.190. The number of nitriles is 1. The van der Waals surface area contributed by atoms with Gasteiger partial charge in [0.1, 0.15) is 0 Å². The Morgan fingerprint density at radius 2 is 2.18 bits per heavy atom. The molecule has 0 aromatic rings. The molecule has 0 saturated carbocycles. The summed E-state index contributed by atoms with van der Waals surface area (Å²) < 4.78 is 10.7. The van der Waals surface area contributed by atoms with E-state index in [4.69, 9.17) is 14.7 Å². The fourth-order valence-electron chi connectivity index (χ4n) is 3.81. The molecule has 22 heavy (non-hydrogen) atoms. The maximum Gasteiger partial charge on any atom is 0.319 e. The van der Waals surface area contributed by atoms with Gasteiger partial charge in [0, 0.05) is 44.7 Å². The molecule has 1 spiro atoms. The maximum absolute atomic E-state index is 11.8. The third kappa shape index (κ3) is 3.97. The highest BCUT2D eigenvalue weighted by Gasteiger charge is 2.48. The van der Waals surface area contributed by atoms with Crippen molar-refractivity contribution in [3.05, 3.63) is 0 Å². The summed E-state index contributed by atoms with van der Waals surface area (Å²) in [7, 11) is 1.44. The molecule has 2 aliphatic heterocycles. The van der Waals surface area contributed by atoms with E-state index in [1.165, 1.54) is 7.11 Å². The van der Waals surface area contributed by atoms with Crippen LogP contribution in [0.5, 0.6) is 0 Å². The molecule has 124 valence electrons. The predicted octanol–water partition coefficient (Wildman–Crippen LogP) is 1.02. The van der Waals surface area contributed by atoms with Crippen molar-refractivity contribution in [2.24, 2.45) is 0 Å². The molecule has 0 radical (unpaired) electrons. The van der Waals surface area contributed by atoms with Crippen LogP contribution in [-0.4, -0.2) is 73.3 Å². The van der Waals surface area contributed by atoms with Gasteiger partial charge in [-0.2, -0.15) is 5.26 Å². The molecule has 1 atom stereocenters. The first-order valence-electron chi connectivity index (χ1n) is 7.96. The van der Waals surface area contributed by atoms with Crippen molar-refractivity contribution in [3.63, 3.8) is 0 Å². The van der Waals surface area contributed by atoms with E-state index < -0.39 is 0 Å². The summed E-state index contributed by atoms with van der Waals surface area (Å²) in [6.45, 7) is 8.66. The van der Waals surface area contributed by atoms with E-state index in [1.54, 1.807) is 0 Å². The lowest BCUT2D eigenvalue weighted by atomic mass is 9.78. The molecule has 0 bridgehead atoms. The number of rotatable bonds is 4. The smallest absolute Gasteiger partial charge is 0.319 e. The molecule has 0 amide bonds. The Bertz CT molecular complexity index is 446. The standard InChI is InChI=1S/C16H27N3O3/c1-15(2)12-16(5-10-22-15)13-18(7-4-6-17)8-9-19(16)11-14(20)21-3/h4-5,7-13H2,1-3H3.